The van der Waals surface area contributed by atoms with Crippen molar-refractivity contribution in [2.45, 2.75) is 19.4 Å². The Morgan fingerprint density at radius 2 is 2.23 bits per heavy atom. The molecular weight excluding hydrogens is 277 g/mol. The standard InChI is InChI=1S/C10H14INO/c1-7(12)5-8-6-9(11)3-4-10(8)13-2/h3-4,6-7H,5,12H2,1-2H3. The maximum absolute atomic E-state index is 5.74. The summed E-state index contributed by atoms with van der Waals surface area (Å²) in [7, 11) is 1.69. The molecule has 1 aromatic rings. The Hall–Kier alpha value is -0.290. The van der Waals surface area contributed by atoms with Gasteiger partial charge in [0.25, 0.3) is 0 Å². The second-order valence-electron chi connectivity index (χ2n) is 3.14. The predicted octanol–water partition coefficient (Wildman–Crippen LogP) is 2.19. The van der Waals surface area contributed by atoms with Crippen molar-refractivity contribution in [2.24, 2.45) is 5.73 Å². The minimum Gasteiger partial charge on any atom is -0.496 e. The molecule has 0 radical (unpaired) electrons. The summed E-state index contributed by atoms with van der Waals surface area (Å²) in [4.78, 5) is 0. The SMILES string of the molecule is COc1ccc(I)cc1CC(C)N. The Morgan fingerprint density at radius 1 is 1.54 bits per heavy atom. The van der Waals surface area contributed by atoms with Crippen molar-refractivity contribution in [3.8, 4) is 5.75 Å². The Balaban J connectivity index is 2.94. The van der Waals surface area contributed by atoms with Crippen LogP contribution in [0.4, 0.5) is 0 Å². The smallest absolute Gasteiger partial charge is 0.122 e. The van der Waals surface area contributed by atoms with Crippen molar-refractivity contribution in [3.05, 3.63) is 27.3 Å². The maximum Gasteiger partial charge on any atom is 0.122 e. The Bertz CT molecular complexity index is 286. The van der Waals surface area contributed by atoms with Gasteiger partial charge in [-0.1, -0.05) is 0 Å². The summed E-state index contributed by atoms with van der Waals surface area (Å²) in [5.74, 6) is 0.928. The van der Waals surface area contributed by atoms with E-state index in [2.05, 4.69) is 28.7 Å². The van der Waals surface area contributed by atoms with E-state index in [1.807, 2.05) is 19.1 Å². The van der Waals surface area contributed by atoms with Gasteiger partial charge < -0.3 is 10.5 Å². The highest BCUT2D eigenvalue weighted by molar-refractivity contribution is 14.1. The molecule has 0 aliphatic heterocycles. The van der Waals surface area contributed by atoms with Gasteiger partial charge in [0, 0.05) is 9.61 Å². The first-order valence-electron chi connectivity index (χ1n) is 4.21. The summed E-state index contributed by atoms with van der Waals surface area (Å²) in [5, 5.41) is 0. The first-order valence-corrected chi connectivity index (χ1v) is 5.29. The highest BCUT2D eigenvalue weighted by Crippen LogP contribution is 2.21. The van der Waals surface area contributed by atoms with Crippen LogP contribution in [0.3, 0.4) is 0 Å². The fraction of sp³-hybridized carbons (Fsp3) is 0.400. The zero-order chi connectivity index (χ0) is 9.84. The van der Waals surface area contributed by atoms with Crippen molar-refractivity contribution < 1.29 is 4.74 Å². The third-order valence-electron chi connectivity index (χ3n) is 1.78. The largest absolute Gasteiger partial charge is 0.496 e. The van der Waals surface area contributed by atoms with E-state index in [0.717, 1.165) is 12.2 Å². The van der Waals surface area contributed by atoms with Crippen LogP contribution in [0.15, 0.2) is 18.2 Å². The Morgan fingerprint density at radius 3 is 2.77 bits per heavy atom. The fourth-order valence-electron chi connectivity index (χ4n) is 1.25. The molecule has 0 bridgehead atoms. The number of hydrogen-bond acceptors (Lipinski definition) is 2. The van der Waals surface area contributed by atoms with Crippen molar-refractivity contribution >= 4 is 22.6 Å². The average molecular weight is 291 g/mol. The lowest BCUT2D eigenvalue weighted by atomic mass is 10.1. The molecule has 0 spiro atoms. The highest BCUT2D eigenvalue weighted by Gasteiger charge is 2.05. The molecule has 0 aliphatic rings. The number of benzene rings is 1. The van der Waals surface area contributed by atoms with Gasteiger partial charge >= 0.3 is 0 Å². The van der Waals surface area contributed by atoms with Gasteiger partial charge in [0.1, 0.15) is 5.75 Å². The molecular formula is C10H14INO. The Kier molecular flexibility index (Phi) is 3.99. The topological polar surface area (TPSA) is 35.2 Å². The molecule has 0 aromatic heterocycles. The van der Waals surface area contributed by atoms with Crippen LogP contribution in [0.25, 0.3) is 0 Å². The zero-order valence-electron chi connectivity index (χ0n) is 7.88. The summed E-state index contributed by atoms with van der Waals surface area (Å²) in [6, 6.07) is 6.30. The first kappa shape index (κ1) is 10.8. The highest BCUT2D eigenvalue weighted by atomic mass is 127. The third-order valence-corrected chi connectivity index (χ3v) is 2.46. The van der Waals surface area contributed by atoms with Gasteiger partial charge in [0.15, 0.2) is 0 Å². The van der Waals surface area contributed by atoms with E-state index in [1.165, 1.54) is 9.13 Å². The van der Waals surface area contributed by atoms with Gasteiger partial charge in [-0.15, -0.1) is 0 Å². The van der Waals surface area contributed by atoms with Crippen molar-refractivity contribution in [2.75, 3.05) is 7.11 Å². The lowest BCUT2D eigenvalue weighted by Crippen LogP contribution is -2.18. The molecule has 1 rings (SSSR count). The number of nitrogens with two attached hydrogens (primary N) is 1. The summed E-state index contributed by atoms with van der Waals surface area (Å²) in [6.07, 6.45) is 0.861. The van der Waals surface area contributed by atoms with Gasteiger partial charge in [-0.05, 0) is 59.7 Å². The van der Waals surface area contributed by atoms with Gasteiger partial charge in [-0.3, -0.25) is 0 Å². The van der Waals surface area contributed by atoms with Crippen molar-refractivity contribution in [1.29, 1.82) is 0 Å². The number of halogens is 1. The first-order chi connectivity index (χ1) is 6.13. The minimum absolute atomic E-state index is 0.173. The monoisotopic (exact) mass is 291 g/mol. The number of ether oxygens (including phenoxy) is 1. The number of rotatable bonds is 3. The van der Waals surface area contributed by atoms with E-state index in [0.29, 0.717) is 0 Å². The van der Waals surface area contributed by atoms with E-state index in [1.54, 1.807) is 7.11 Å². The van der Waals surface area contributed by atoms with E-state index in [9.17, 15) is 0 Å². The molecule has 0 amide bonds. The molecule has 1 unspecified atom stereocenters. The van der Waals surface area contributed by atoms with Crippen LogP contribution >= 0.6 is 22.6 Å². The lowest BCUT2D eigenvalue weighted by Gasteiger charge is -2.10. The molecule has 0 saturated carbocycles. The van der Waals surface area contributed by atoms with E-state index < -0.39 is 0 Å². The lowest BCUT2D eigenvalue weighted by molar-refractivity contribution is 0.408. The molecule has 0 aliphatic carbocycles. The van der Waals surface area contributed by atoms with E-state index in [-0.39, 0.29) is 6.04 Å². The summed E-state index contributed by atoms with van der Waals surface area (Å²) in [5.41, 5.74) is 6.92. The zero-order valence-corrected chi connectivity index (χ0v) is 10.0. The Labute approximate surface area is 92.6 Å². The van der Waals surface area contributed by atoms with Crippen LogP contribution in [0.1, 0.15) is 12.5 Å². The quantitative estimate of drug-likeness (QED) is 0.866. The van der Waals surface area contributed by atoms with Crippen LogP contribution in [-0.2, 0) is 6.42 Å². The van der Waals surface area contributed by atoms with Gasteiger partial charge in [0.05, 0.1) is 7.11 Å². The molecule has 2 nitrogen and oxygen atoms in total. The van der Waals surface area contributed by atoms with Gasteiger partial charge in [-0.2, -0.15) is 0 Å². The molecule has 1 atom stereocenters. The second-order valence-corrected chi connectivity index (χ2v) is 4.38. The number of methoxy groups -OCH3 is 1. The van der Waals surface area contributed by atoms with E-state index >= 15 is 0 Å². The minimum atomic E-state index is 0.173. The second kappa shape index (κ2) is 4.81. The summed E-state index contributed by atoms with van der Waals surface area (Å²) in [6.45, 7) is 2.00. The molecule has 0 saturated heterocycles. The van der Waals surface area contributed by atoms with Crippen molar-refractivity contribution in [1.82, 2.24) is 0 Å². The van der Waals surface area contributed by atoms with Crippen LogP contribution in [0.2, 0.25) is 0 Å². The van der Waals surface area contributed by atoms with Crippen molar-refractivity contribution in [3.63, 3.8) is 0 Å². The number of hydrogen-bond donors (Lipinski definition) is 1. The molecule has 0 fully saturated rings. The molecule has 3 heteroatoms. The van der Waals surface area contributed by atoms with Crippen LogP contribution < -0.4 is 10.5 Å². The average Bonchev–Trinajstić information content (AvgIpc) is 2.03. The molecule has 13 heavy (non-hydrogen) atoms. The van der Waals surface area contributed by atoms with Crippen LogP contribution in [0, 0.1) is 3.57 Å². The summed E-state index contributed by atoms with van der Waals surface area (Å²) < 4.78 is 6.46. The summed E-state index contributed by atoms with van der Waals surface area (Å²) >= 11 is 2.29. The maximum atomic E-state index is 5.74. The third kappa shape index (κ3) is 3.15. The molecule has 2 N–H and O–H groups in total. The van der Waals surface area contributed by atoms with Crippen LogP contribution in [0.5, 0.6) is 5.75 Å². The molecule has 72 valence electrons. The van der Waals surface area contributed by atoms with Gasteiger partial charge in [-0.25, -0.2) is 0 Å². The fourth-order valence-corrected chi connectivity index (χ4v) is 1.81. The van der Waals surface area contributed by atoms with E-state index in [4.69, 9.17) is 10.5 Å². The van der Waals surface area contributed by atoms with Gasteiger partial charge in [0.2, 0.25) is 0 Å². The van der Waals surface area contributed by atoms with Crippen LogP contribution in [-0.4, -0.2) is 13.2 Å². The normalized spacial score (nSPS) is 12.6. The molecule has 0 heterocycles. The molecule has 1 aromatic carbocycles. The predicted molar refractivity (Wildman–Crippen MR) is 63.1 cm³/mol.